The maximum Gasteiger partial charge on any atom is 0.0451 e. The van der Waals surface area contributed by atoms with E-state index in [1.165, 1.54) is 48.8 Å². The topological polar surface area (TPSA) is 38.0 Å². The lowest BCUT2D eigenvalue weighted by Crippen LogP contribution is -2.38. The second kappa shape index (κ2) is 6.35. The minimum absolute atomic E-state index is 0.314. The largest absolute Gasteiger partial charge is 0.329 e. The number of nitrogens with two attached hydrogens (primary N) is 1. The van der Waals surface area contributed by atoms with E-state index in [9.17, 15) is 0 Å². The van der Waals surface area contributed by atoms with Crippen LogP contribution in [0.1, 0.15) is 54.8 Å². The lowest BCUT2D eigenvalue weighted by Gasteiger charge is -2.29. The van der Waals surface area contributed by atoms with Crippen molar-refractivity contribution in [1.29, 1.82) is 0 Å². The lowest BCUT2D eigenvalue weighted by molar-refractivity contribution is 0.339. The van der Waals surface area contributed by atoms with Crippen molar-refractivity contribution in [2.24, 2.45) is 5.73 Å². The van der Waals surface area contributed by atoms with Gasteiger partial charge in [0.25, 0.3) is 0 Å². The molecule has 2 nitrogen and oxygen atoms in total. The highest BCUT2D eigenvalue weighted by atomic mass is 15.0. The molecule has 1 unspecified atom stereocenters. The van der Waals surface area contributed by atoms with Crippen molar-refractivity contribution in [3.63, 3.8) is 0 Å². The number of aryl methyl sites for hydroxylation is 2. The Morgan fingerprint density at radius 2 is 1.78 bits per heavy atom. The molecule has 3 N–H and O–H groups in total. The van der Waals surface area contributed by atoms with E-state index >= 15 is 0 Å². The summed E-state index contributed by atoms with van der Waals surface area (Å²) < 4.78 is 0. The Morgan fingerprint density at radius 3 is 2.33 bits per heavy atom. The standard InChI is InChI=1S/C16H26N2/c1-12-7-6-8-13(2)16(12)15(11-17)18-14-9-4-3-5-10-14/h6-8,14-15,18H,3-5,9-11,17H2,1-2H3. The first-order valence-corrected chi connectivity index (χ1v) is 7.24. The van der Waals surface area contributed by atoms with Crippen molar-refractivity contribution in [2.45, 2.75) is 58.0 Å². The van der Waals surface area contributed by atoms with Crippen molar-refractivity contribution >= 4 is 0 Å². The van der Waals surface area contributed by atoms with Gasteiger partial charge < -0.3 is 11.1 Å². The maximum atomic E-state index is 6.00. The molecular weight excluding hydrogens is 220 g/mol. The molecule has 0 radical (unpaired) electrons. The smallest absolute Gasteiger partial charge is 0.0451 e. The van der Waals surface area contributed by atoms with Crippen LogP contribution in [0.3, 0.4) is 0 Å². The summed E-state index contributed by atoms with van der Waals surface area (Å²) in [4.78, 5) is 0. The Bertz CT molecular complexity index is 360. The van der Waals surface area contributed by atoms with Crippen LogP contribution in [0.15, 0.2) is 18.2 Å². The third kappa shape index (κ3) is 3.12. The van der Waals surface area contributed by atoms with Crippen LogP contribution in [0.4, 0.5) is 0 Å². The average Bonchev–Trinajstić information content (AvgIpc) is 2.38. The number of benzene rings is 1. The zero-order chi connectivity index (χ0) is 13.0. The van der Waals surface area contributed by atoms with E-state index in [1.54, 1.807) is 0 Å². The first-order valence-electron chi connectivity index (χ1n) is 7.24. The molecule has 1 fully saturated rings. The Morgan fingerprint density at radius 1 is 1.17 bits per heavy atom. The quantitative estimate of drug-likeness (QED) is 0.856. The first kappa shape index (κ1) is 13.6. The fraction of sp³-hybridized carbons (Fsp3) is 0.625. The van der Waals surface area contributed by atoms with Gasteiger partial charge in [0.2, 0.25) is 0 Å². The van der Waals surface area contributed by atoms with E-state index in [0.29, 0.717) is 18.6 Å². The summed E-state index contributed by atoms with van der Waals surface area (Å²) >= 11 is 0. The van der Waals surface area contributed by atoms with Crippen LogP contribution < -0.4 is 11.1 Å². The molecule has 1 aliphatic carbocycles. The summed E-state index contributed by atoms with van der Waals surface area (Å²) in [5.74, 6) is 0. The molecule has 1 aromatic rings. The normalized spacial score (nSPS) is 18.8. The zero-order valence-corrected chi connectivity index (χ0v) is 11.7. The molecule has 100 valence electrons. The second-order valence-corrected chi connectivity index (χ2v) is 5.60. The van der Waals surface area contributed by atoms with Crippen molar-refractivity contribution in [1.82, 2.24) is 5.32 Å². The third-order valence-corrected chi connectivity index (χ3v) is 4.17. The minimum atomic E-state index is 0.314. The average molecular weight is 246 g/mol. The summed E-state index contributed by atoms with van der Waals surface area (Å²) in [5, 5.41) is 3.78. The fourth-order valence-corrected chi connectivity index (χ4v) is 3.20. The van der Waals surface area contributed by atoms with E-state index in [4.69, 9.17) is 5.73 Å². The van der Waals surface area contributed by atoms with Crippen molar-refractivity contribution in [2.75, 3.05) is 6.54 Å². The van der Waals surface area contributed by atoms with Crippen molar-refractivity contribution < 1.29 is 0 Å². The van der Waals surface area contributed by atoms with Gasteiger partial charge in [0, 0.05) is 18.6 Å². The summed E-state index contributed by atoms with van der Waals surface area (Å²) in [6, 6.07) is 7.48. The molecule has 18 heavy (non-hydrogen) atoms. The van der Waals surface area contributed by atoms with Crippen LogP contribution in [-0.4, -0.2) is 12.6 Å². The van der Waals surface area contributed by atoms with Crippen LogP contribution in [0.2, 0.25) is 0 Å². The van der Waals surface area contributed by atoms with Crippen LogP contribution in [0.25, 0.3) is 0 Å². The molecule has 0 bridgehead atoms. The monoisotopic (exact) mass is 246 g/mol. The van der Waals surface area contributed by atoms with E-state index in [-0.39, 0.29) is 0 Å². The van der Waals surface area contributed by atoms with Crippen LogP contribution in [0.5, 0.6) is 0 Å². The number of hydrogen-bond donors (Lipinski definition) is 2. The summed E-state index contributed by atoms with van der Waals surface area (Å²) in [6.07, 6.45) is 6.74. The molecule has 1 aromatic carbocycles. The molecule has 0 saturated heterocycles. The predicted octanol–water partition coefficient (Wildman–Crippen LogP) is 3.23. The van der Waals surface area contributed by atoms with Gasteiger partial charge in [-0.1, -0.05) is 37.5 Å². The van der Waals surface area contributed by atoms with Crippen molar-refractivity contribution in [3.05, 3.63) is 34.9 Å². The number of hydrogen-bond acceptors (Lipinski definition) is 2. The molecule has 1 aliphatic rings. The highest BCUT2D eigenvalue weighted by Gasteiger charge is 2.20. The van der Waals surface area contributed by atoms with Gasteiger partial charge in [-0.15, -0.1) is 0 Å². The van der Waals surface area contributed by atoms with Gasteiger partial charge in [-0.3, -0.25) is 0 Å². The van der Waals surface area contributed by atoms with Gasteiger partial charge in [-0.2, -0.15) is 0 Å². The highest BCUT2D eigenvalue weighted by molar-refractivity contribution is 5.36. The second-order valence-electron chi connectivity index (χ2n) is 5.60. The molecule has 0 heterocycles. The molecule has 0 spiro atoms. The predicted molar refractivity (Wildman–Crippen MR) is 77.7 cm³/mol. The van der Waals surface area contributed by atoms with Crippen LogP contribution >= 0.6 is 0 Å². The lowest BCUT2D eigenvalue weighted by atomic mass is 9.91. The molecule has 1 saturated carbocycles. The van der Waals surface area contributed by atoms with Gasteiger partial charge in [0.1, 0.15) is 0 Å². The molecule has 2 rings (SSSR count). The Balaban J connectivity index is 2.12. The van der Waals surface area contributed by atoms with Crippen LogP contribution in [0, 0.1) is 13.8 Å². The molecule has 0 amide bonds. The van der Waals surface area contributed by atoms with Gasteiger partial charge in [-0.25, -0.2) is 0 Å². The highest BCUT2D eigenvalue weighted by Crippen LogP contribution is 2.25. The summed E-state index contributed by atoms with van der Waals surface area (Å²) in [6.45, 7) is 5.06. The summed E-state index contributed by atoms with van der Waals surface area (Å²) in [7, 11) is 0. The maximum absolute atomic E-state index is 6.00. The van der Waals surface area contributed by atoms with Gasteiger partial charge in [0.15, 0.2) is 0 Å². The van der Waals surface area contributed by atoms with Gasteiger partial charge >= 0.3 is 0 Å². The van der Waals surface area contributed by atoms with Gasteiger partial charge in [-0.05, 0) is 43.4 Å². The number of rotatable bonds is 4. The van der Waals surface area contributed by atoms with Crippen molar-refractivity contribution in [3.8, 4) is 0 Å². The van der Waals surface area contributed by atoms with Crippen LogP contribution in [-0.2, 0) is 0 Å². The minimum Gasteiger partial charge on any atom is -0.329 e. The molecule has 1 atom stereocenters. The Hall–Kier alpha value is -0.860. The third-order valence-electron chi connectivity index (χ3n) is 4.17. The zero-order valence-electron chi connectivity index (χ0n) is 11.7. The molecule has 0 aromatic heterocycles. The number of nitrogens with one attached hydrogen (secondary N) is 1. The van der Waals surface area contributed by atoms with E-state index in [1.807, 2.05) is 0 Å². The Kier molecular flexibility index (Phi) is 4.79. The molecular formula is C16H26N2. The summed E-state index contributed by atoms with van der Waals surface area (Å²) in [5.41, 5.74) is 10.1. The fourth-order valence-electron chi connectivity index (χ4n) is 3.20. The van der Waals surface area contributed by atoms with E-state index in [0.717, 1.165) is 0 Å². The van der Waals surface area contributed by atoms with E-state index < -0.39 is 0 Å². The SMILES string of the molecule is Cc1cccc(C)c1C(CN)NC1CCCCC1. The Labute approximate surface area is 111 Å². The first-order chi connectivity index (χ1) is 8.72. The van der Waals surface area contributed by atoms with Gasteiger partial charge in [0.05, 0.1) is 0 Å². The molecule has 2 heteroatoms. The molecule has 0 aliphatic heterocycles. The van der Waals surface area contributed by atoms with E-state index in [2.05, 4.69) is 37.4 Å².